The van der Waals surface area contributed by atoms with Crippen molar-refractivity contribution in [3.63, 3.8) is 0 Å². The van der Waals surface area contributed by atoms with Gasteiger partial charge in [-0.25, -0.2) is 0 Å². The number of furan rings is 1. The Labute approximate surface area is 152 Å². The van der Waals surface area contributed by atoms with E-state index in [4.69, 9.17) is 13.9 Å². The van der Waals surface area contributed by atoms with Crippen molar-refractivity contribution in [2.75, 3.05) is 13.2 Å². The number of hydrogen-bond acceptors (Lipinski definition) is 6. The van der Waals surface area contributed by atoms with Crippen molar-refractivity contribution in [2.24, 2.45) is 22.7 Å². The van der Waals surface area contributed by atoms with Crippen molar-refractivity contribution in [1.29, 1.82) is 0 Å². The van der Waals surface area contributed by atoms with Crippen molar-refractivity contribution in [2.45, 2.75) is 56.8 Å². The Hall–Kier alpha value is -1.37. The molecule has 2 spiro atoms. The molecule has 6 nitrogen and oxygen atoms in total. The van der Waals surface area contributed by atoms with Crippen LogP contribution in [0.5, 0.6) is 0 Å². The maximum Gasteiger partial charge on any atom is 0.313 e. The molecule has 26 heavy (non-hydrogen) atoms. The molecule has 4 fully saturated rings. The van der Waals surface area contributed by atoms with Crippen LogP contribution in [0, 0.1) is 22.7 Å². The Kier molecular flexibility index (Phi) is 3.44. The fraction of sp³-hybridized carbons (Fsp3) is 0.750. The largest absolute Gasteiger partial charge is 0.472 e. The lowest BCUT2D eigenvalue weighted by Crippen LogP contribution is -2.79. The lowest BCUT2D eigenvalue weighted by Gasteiger charge is -2.71. The maximum atomic E-state index is 13.3. The highest BCUT2D eigenvalue weighted by Crippen LogP contribution is 2.71. The lowest BCUT2D eigenvalue weighted by molar-refractivity contribution is -0.373. The highest BCUT2D eigenvalue weighted by molar-refractivity contribution is 5.81. The SMILES string of the molecule is C[C@@H]1C[C@H](O)[C@@]23CO[C@]2(CO)CCC[C@@H]3[C@@]12C[C@@H](c1ccoc1)OC2=O. The number of fused-ring (bicyclic) bond motifs is 1. The molecule has 2 aliphatic heterocycles. The Bertz CT molecular complexity index is 712. The Balaban J connectivity index is 1.59. The van der Waals surface area contributed by atoms with Crippen molar-refractivity contribution in [3.8, 4) is 0 Å². The number of ether oxygens (including phenoxy) is 2. The fourth-order valence-corrected chi connectivity index (χ4v) is 6.74. The summed E-state index contributed by atoms with van der Waals surface area (Å²) in [4.78, 5) is 13.3. The second kappa shape index (κ2) is 5.33. The summed E-state index contributed by atoms with van der Waals surface area (Å²) < 4.78 is 16.9. The topological polar surface area (TPSA) is 89.1 Å². The van der Waals surface area contributed by atoms with Crippen LogP contribution in [0.2, 0.25) is 0 Å². The molecular weight excluding hydrogens is 336 g/mol. The van der Waals surface area contributed by atoms with Crippen LogP contribution in [0.25, 0.3) is 0 Å². The number of aliphatic hydroxyl groups is 2. The minimum atomic E-state index is -0.712. The first-order valence-corrected chi connectivity index (χ1v) is 9.66. The number of esters is 1. The minimum Gasteiger partial charge on any atom is -0.472 e. The molecule has 0 unspecified atom stereocenters. The third-order valence-corrected chi connectivity index (χ3v) is 8.13. The molecule has 0 bridgehead atoms. The van der Waals surface area contributed by atoms with Crippen LogP contribution < -0.4 is 0 Å². The average molecular weight is 362 g/mol. The maximum absolute atomic E-state index is 13.3. The molecule has 2 saturated heterocycles. The van der Waals surface area contributed by atoms with Gasteiger partial charge in [-0.2, -0.15) is 0 Å². The van der Waals surface area contributed by atoms with Crippen LogP contribution in [0.4, 0.5) is 0 Å². The van der Waals surface area contributed by atoms with E-state index in [-0.39, 0.29) is 30.5 Å². The van der Waals surface area contributed by atoms with E-state index >= 15 is 0 Å². The summed E-state index contributed by atoms with van der Waals surface area (Å²) in [6.45, 7) is 2.37. The molecule has 4 aliphatic rings. The van der Waals surface area contributed by atoms with Crippen LogP contribution in [-0.2, 0) is 14.3 Å². The summed E-state index contributed by atoms with van der Waals surface area (Å²) in [5, 5.41) is 21.2. The molecule has 5 rings (SSSR count). The quantitative estimate of drug-likeness (QED) is 0.784. The van der Waals surface area contributed by atoms with Crippen LogP contribution in [0.1, 0.15) is 50.7 Å². The first kappa shape index (κ1) is 16.8. The van der Waals surface area contributed by atoms with Gasteiger partial charge in [-0.15, -0.1) is 0 Å². The zero-order valence-electron chi connectivity index (χ0n) is 15.0. The monoisotopic (exact) mass is 362 g/mol. The number of carbonyl (C=O) groups is 1. The predicted octanol–water partition coefficient (Wildman–Crippen LogP) is 2.20. The van der Waals surface area contributed by atoms with Gasteiger partial charge in [-0.1, -0.05) is 13.3 Å². The first-order valence-electron chi connectivity index (χ1n) is 9.66. The van der Waals surface area contributed by atoms with Crippen LogP contribution in [0.3, 0.4) is 0 Å². The smallest absolute Gasteiger partial charge is 0.313 e. The summed E-state index contributed by atoms with van der Waals surface area (Å²) in [5.41, 5.74) is -1.00. The van der Waals surface area contributed by atoms with E-state index in [1.807, 2.05) is 6.07 Å². The highest BCUT2D eigenvalue weighted by atomic mass is 16.6. The second-order valence-corrected chi connectivity index (χ2v) is 8.77. The fourth-order valence-electron chi connectivity index (χ4n) is 6.74. The molecular formula is C20H26O6. The van der Waals surface area contributed by atoms with Crippen LogP contribution in [0.15, 0.2) is 23.0 Å². The average Bonchev–Trinajstić information content (AvgIpc) is 3.23. The summed E-state index contributed by atoms with van der Waals surface area (Å²) >= 11 is 0. The molecule has 6 heteroatoms. The summed E-state index contributed by atoms with van der Waals surface area (Å²) in [5.74, 6) is -0.173. The van der Waals surface area contributed by atoms with Crippen molar-refractivity contribution < 1.29 is 28.9 Å². The van der Waals surface area contributed by atoms with E-state index in [9.17, 15) is 15.0 Å². The molecule has 2 saturated carbocycles. The van der Waals surface area contributed by atoms with Gasteiger partial charge in [0.25, 0.3) is 0 Å². The number of rotatable bonds is 2. The van der Waals surface area contributed by atoms with E-state index in [1.54, 1.807) is 12.5 Å². The molecule has 3 heterocycles. The Morgan fingerprint density at radius 1 is 1.38 bits per heavy atom. The lowest BCUT2D eigenvalue weighted by atomic mass is 9.40. The molecule has 1 aromatic heterocycles. The molecule has 2 N–H and O–H groups in total. The number of aliphatic hydroxyl groups excluding tert-OH is 2. The predicted molar refractivity (Wildman–Crippen MR) is 89.9 cm³/mol. The van der Waals surface area contributed by atoms with Crippen molar-refractivity contribution >= 4 is 5.97 Å². The third kappa shape index (κ3) is 1.71. The van der Waals surface area contributed by atoms with Gasteiger partial charge in [-0.05, 0) is 37.2 Å². The molecule has 0 amide bonds. The zero-order valence-corrected chi connectivity index (χ0v) is 15.0. The second-order valence-electron chi connectivity index (χ2n) is 8.77. The van der Waals surface area contributed by atoms with Crippen molar-refractivity contribution in [1.82, 2.24) is 0 Å². The minimum absolute atomic E-state index is 0.0209. The van der Waals surface area contributed by atoms with Gasteiger partial charge in [0.15, 0.2) is 0 Å². The van der Waals surface area contributed by atoms with Gasteiger partial charge < -0.3 is 24.1 Å². The Morgan fingerprint density at radius 2 is 2.23 bits per heavy atom. The summed E-state index contributed by atoms with van der Waals surface area (Å²) in [6.07, 6.45) is 6.00. The number of carbonyl (C=O) groups excluding carboxylic acids is 1. The van der Waals surface area contributed by atoms with Crippen molar-refractivity contribution in [3.05, 3.63) is 24.2 Å². The third-order valence-electron chi connectivity index (χ3n) is 8.13. The standard InChI is InChI=1S/C20H26O6/c1-12-7-16(22)20-11-25-18(20,10-21)5-2-3-15(20)19(12)8-14(26-17(19)23)13-4-6-24-9-13/h4,6,9,12,14-16,21-22H,2-3,5,7-8,10-11H2,1H3/t12-,14+,15-,16+,18+,19-,20+/m1/s1. The molecule has 1 aromatic rings. The van der Waals surface area contributed by atoms with E-state index < -0.39 is 22.5 Å². The van der Waals surface area contributed by atoms with Gasteiger partial charge in [-0.3, -0.25) is 4.79 Å². The van der Waals surface area contributed by atoms with E-state index in [0.29, 0.717) is 19.4 Å². The highest BCUT2D eigenvalue weighted by Gasteiger charge is 2.77. The van der Waals surface area contributed by atoms with E-state index in [0.717, 1.165) is 24.8 Å². The molecule has 0 radical (unpaired) electrons. The normalized spacial score (nSPS) is 50.0. The molecule has 7 atom stereocenters. The molecule has 142 valence electrons. The van der Waals surface area contributed by atoms with Crippen LogP contribution in [-0.4, -0.2) is 41.1 Å². The van der Waals surface area contributed by atoms with Gasteiger partial charge in [0.1, 0.15) is 11.7 Å². The molecule has 0 aromatic carbocycles. The van der Waals surface area contributed by atoms with Gasteiger partial charge in [0, 0.05) is 12.0 Å². The van der Waals surface area contributed by atoms with Gasteiger partial charge in [0.05, 0.1) is 42.7 Å². The number of hydrogen-bond donors (Lipinski definition) is 2. The van der Waals surface area contributed by atoms with Crippen LogP contribution >= 0.6 is 0 Å². The number of cyclic esters (lactones) is 1. The Morgan fingerprint density at radius 3 is 2.88 bits per heavy atom. The van der Waals surface area contributed by atoms with E-state index in [2.05, 4.69) is 6.92 Å². The summed E-state index contributed by atoms with van der Waals surface area (Å²) in [7, 11) is 0. The zero-order chi connectivity index (χ0) is 18.2. The van der Waals surface area contributed by atoms with Gasteiger partial charge in [0.2, 0.25) is 0 Å². The summed E-state index contributed by atoms with van der Waals surface area (Å²) in [6, 6.07) is 1.85. The molecule has 2 aliphatic carbocycles. The van der Waals surface area contributed by atoms with E-state index in [1.165, 1.54) is 0 Å². The first-order chi connectivity index (χ1) is 12.5. The van der Waals surface area contributed by atoms with Gasteiger partial charge >= 0.3 is 5.97 Å².